The molecule has 0 fully saturated rings. The Morgan fingerprint density at radius 2 is 1.95 bits per heavy atom. The van der Waals surface area contributed by atoms with E-state index in [0.717, 1.165) is 32.8 Å². The van der Waals surface area contributed by atoms with Crippen molar-refractivity contribution in [1.82, 2.24) is 5.32 Å². The first kappa shape index (κ1) is 16.3. The van der Waals surface area contributed by atoms with E-state index in [0.29, 0.717) is 6.61 Å². The van der Waals surface area contributed by atoms with Crippen LogP contribution in [0.4, 0.5) is 0 Å². The van der Waals surface area contributed by atoms with Crippen LogP contribution in [-0.4, -0.2) is 13.7 Å². The Labute approximate surface area is 139 Å². The van der Waals surface area contributed by atoms with Gasteiger partial charge in [0.25, 0.3) is 0 Å². The zero-order valence-electron chi connectivity index (χ0n) is 12.2. The van der Waals surface area contributed by atoms with Crippen LogP contribution in [0.2, 0.25) is 5.02 Å². The zero-order chi connectivity index (χ0) is 15.2. The van der Waals surface area contributed by atoms with E-state index in [2.05, 4.69) is 34.2 Å². The van der Waals surface area contributed by atoms with Crippen LogP contribution in [0.5, 0.6) is 5.75 Å². The average molecular weight is 369 g/mol. The lowest BCUT2D eigenvalue weighted by Crippen LogP contribution is -2.19. The first-order valence-corrected chi connectivity index (χ1v) is 8.18. The third kappa shape index (κ3) is 4.00. The Kier molecular flexibility index (Phi) is 6.09. The van der Waals surface area contributed by atoms with E-state index < -0.39 is 0 Å². The van der Waals surface area contributed by atoms with Crippen LogP contribution in [0.15, 0.2) is 46.9 Å². The molecule has 0 aliphatic carbocycles. The summed E-state index contributed by atoms with van der Waals surface area (Å²) in [5, 5.41) is 4.07. The fourth-order valence-electron chi connectivity index (χ4n) is 2.28. The van der Waals surface area contributed by atoms with Crippen molar-refractivity contribution in [2.24, 2.45) is 0 Å². The van der Waals surface area contributed by atoms with Crippen LogP contribution in [0.1, 0.15) is 30.5 Å². The Balaban J connectivity index is 2.44. The van der Waals surface area contributed by atoms with E-state index in [1.165, 1.54) is 0 Å². The largest absolute Gasteiger partial charge is 0.493 e. The SMILES string of the molecule is CCCOc1ccccc1C(NC)c1cc(Cl)ccc1Br. The molecule has 1 N–H and O–H groups in total. The molecular formula is C17H19BrClNO. The van der Waals surface area contributed by atoms with E-state index in [9.17, 15) is 0 Å². The fourth-order valence-corrected chi connectivity index (χ4v) is 2.93. The number of hydrogen-bond donors (Lipinski definition) is 1. The molecule has 0 amide bonds. The summed E-state index contributed by atoms with van der Waals surface area (Å²) in [6.07, 6.45) is 0.986. The minimum Gasteiger partial charge on any atom is -0.493 e. The van der Waals surface area contributed by atoms with Crippen molar-refractivity contribution in [2.75, 3.05) is 13.7 Å². The molecule has 2 nitrogen and oxygen atoms in total. The van der Waals surface area contributed by atoms with Gasteiger partial charge in [-0.2, -0.15) is 0 Å². The fraction of sp³-hybridized carbons (Fsp3) is 0.294. The molecule has 21 heavy (non-hydrogen) atoms. The first-order valence-electron chi connectivity index (χ1n) is 7.01. The molecule has 0 spiro atoms. The summed E-state index contributed by atoms with van der Waals surface area (Å²) < 4.78 is 6.90. The maximum atomic E-state index is 6.15. The normalized spacial score (nSPS) is 12.2. The van der Waals surface area contributed by atoms with Crippen LogP contribution < -0.4 is 10.1 Å². The molecule has 1 atom stereocenters. The molecule has 0 aromatic heterocycles. The van der Waals surface area contributed by atoms with Gasteiger partial charge in [0.2, 0.25) is 0 Å². The van der Waals surface area contributed by atoms with Crippen molar-refractivity contribution < 1.29 is 4.74 Å². The van der Waals surface area contributed by atoms with Crippen molar-refractivity contribution in [2.45, 2.75) is 19.4 Å². The highest BCUT2D eigenvalue weighted by molar-refractivity contribution is 9.10. The van der Waals surface area contributed by atoms with E-state index in [-0.39, 0.29) is 6.04 Å². The van der Waals surface area contributed by atoms with Crippen LogP contribution in [0.25, 0.3) is 0 Å². The van der Waals surface area contributed by atoms with Gasteiger partial charge in [0.1, 0.15) is 5.75 Å². The van der Waals surface area contributed by atoms with E-state index in [4.69, 9.17) is 16.3 Å². The summed E-state index contributed by atoms with van der Waals surface area (Å²) in [6, 6.07) is 14.0. The van der Waals surface area contributed by atoms with Crippen LogP contribution in [-0.2, 0) is 0 Å². The standard InChI is InChI=1S/C17H19BrClNO/c1-3-10-21-16-7-5-4-6-13(16)17(20-2)14-11-12(19)8-9-15(14)18/h4-9,11,17,20H,3,10H2,1-2H3. The number of ether oxygens (including phenoxy) is 1. The van der Waals surface area contributed by atoms with E-state index in [1.54, 1.807) is 0 Å². The second-order valence-corrected chi connectivity index (χ2v) is 6.06. The van der Waals surface area contributed by atoms with Crippen molar-refractivity contribution in [3.63, 3.8) is 0 Å². The third-order valence-corrected chi connectivity index (χ3v) is 4.21. The maximum Gasteiger partial charge on any atom is 0.124 e. The molecule has 1 unspecified atom stereocenters. The number of para-hydroxylation sites is 1. The molecule has 0 aliphatic rings. The number of hydrogen-bond acceptors (Lipinski definition) is 2. The Morgan fingerprint density at radius 3 is 2.67 bits per heavy atom. The summed E-state index contributed by atoms with van der Waals surface area (Å²) in [4.78, 5) is 0. The first-order chi connectivity index (χ1) is 10.2. The van der Waals surface area contributed by atoms with Gasteiger partial charge in [-0.25, -0.2) is 0 Å². The molecule has 0 heterocycles. The highest BCUT2D eigenvalue weighted by atomic mass is 79.9. The van der Waals surface area contributed by atoms with Crippen molar-refractivity contribution in [1.29, 1.82) is 0 Å². The van der Waals surface area contributed by atoms with E-state index >= 15 is 0 Å². The highest BCUT2D eigenvalue weighted by Gasteiger charge is 2.19. The molecule has 0 bridgehead atoms. The molecule has 0 radical (unpaired) electrons. The van der Waals surface area contributed by atoms with Gasteiger partial charge in [0.15, 0.2) is 0 Å². The molecule has 2 aromatic rings. The Hall–Kier alpha value is -1.03. The van der Waals surface area contributed by atoms with Gasteiger partial charge >= 0.3 is 0 Å². The lowest BCUT2D eigenvalue weighted by molar-refractivity contribution is 0.312. The summed E-state index contributed by atoms with van der Waals surface area (Å²) in [7, 11) is 1.94. The monoisotopic (exact) mass is 367 g/mol. The molecule has 0 aliphatic heterocycles. The van der Waals surface area contributed by atoms with Gasteiger partial charge in [0.05, 0.1) is 12.6 Å². The second kappa shape index (κ2) is 7.83. The maximum absolute atomic E-state index is 6.15. The average Bonchev–Trinajstić information content (AvgIpc) is 2.50. The summed E-state index contributed by atoms with van der Waals surface area (Å²) in [6.45, 7) is 2.82. The van der Waals surface area contributed by atoms with Crippen molar-refractivity contribution in [3.05, 3.63) is 63.1 Å². The predicted octanol–water partition coefficient (Wildman–Crippen LogP) is 5.20. The lowest BCUT2D eigenvalue weighted by atomic mass is 9.98. The molecular weight excluding hydrogens is 350 g/mol. The lowest BCUT2D eigenvalue weighted by Gasteiger charge is -2.22. The minimum atomic E-state index is 0.0196. The van der Waals surface area contributed by atoms with Crippen LogP contribution in [0.3, 0.4) is 0 Å². The Morgan fingerprint density at radius 1 is 1.19 bits per heavy atom. The summed E-state index contributed by atoms with van der Waals surface area (Å²) >= 11 is 9.76. The highest BCUT2D eigenvalue weighted by Crippen LogP contribution is 2.34. The number of benzene rings is 2. The third-order valence-electron chi connectivity index (χ3n) is 3.25. The van der Waals surface area contributed by atoms with Crippen molar-refractivity contribution in [3.8, 4) is 5.75 Å². The van der Waals surface area contributed by atoms with Crippen LogP contribution in [0, 0.1) is 0 Å². The topological polar surface area (TPSA) is 21.3 Å². The molecule has 2 rings (SSSR count). The molecule has 2 aromatic carbocycles. The van der Waals surface area contributed by atoms with Gasteiger partial charge in [0, 0.05) is 15.1 Å². The molecule has 4 heteroatoms. The molecule has 112 valence electrons. The van der Waals surface area contributed by atoms with Gasteiger partial charge in [-0.15, -0.1) is 0 Å². The minimum absolute atomic E-state index is 0.0196. The van der Waals surface area contributed by atoms with E-state index in [1.807, 2.05) is 43.4 Å². The Bertz CT molecular complexity index is 603. The summed E-state index contributed by atoms with van der Waals surface area (Å²) in [5.41, 5.74) is 2.20. The predicted molar refractivity (Wildman–Crippen MR) is 92.3 cm³/mol. The van der Waals surface area contributed by atoms with Gasteiger partial charge in [-0.3, -0.25) is 0 Å². The van der Waals surface area contributed by atoms with Gasteiger partial charge in [-0.05, 0) is 43.3 Å². The van der Waals surface area contributed by atoms with Gasteiger partial charge < -0.3 is 10.1 Å². The van der Waals surface area contributed by atoms with Gasteiger partial charge in [-0.1, -0.05) is 52.7 Å². The molecule has 0 saturated heterocycles. The zero-order valence-corrected chi connectivity index (χ0v) is 14.5. The molecule has 0 saturated carbocycles. The quantitative estimate of drug-likeness (QED) is 0.756. The number of rotatable bonds is 6. The van der Waals surface area contributed by atoms with Crippen molar-refractivity contribution >= 4 is 27.5 Å². The second-order valence-electron chi connectivity index (χ2n) is 4.77. The number of halogens is 2. The summed E-state index contributed by atoms with van der Waals surface area (Å²) in [5.74, 6) is 0.908. The number of nitrogens with one attached hydrogen (secondary N) is 1. The van der Waals surface area contributed by atoms with Crippen LogP contribution >= 0.6 is 27.5 Å². The smallest absolute Gasteiger partial charge is 0.124 e.